The van der Waals surface area contributed by atoms with Crippen LogP contribution in [0, 0.1) is 0 Å². The summed E-state index contributed by atoms with van der Waals surface area (Å²) in [5, 5.41) is 13.6. The molecule has 0 amide bonds. The fraction of sp³-hybridized carbons (Fsp3) is 0.824. The zero-order valence-corrected chi connectivity index (χ0v) is 26.2. The molecule has 0 bridgehead atoms. The van der Waals surface area contributed by atoms with Crippen LogP contribution >= 0.6 is 11.8 Å². The summed E-state index contributed by atoms with van der Waals surface area (Å²) < 4.78 is 0.154. The van der Waals surface area contributed by atoms with Crippen LogP contribution in [0.15, 0.2) is 17.0 Å². The first-order chi connectivity index (χ1) is 17.2. The molecule has 0 saturated carbocycles. The summed E-state index contributed by atoms with van der Waals surface area (Å²) in [5.74, 6) is 1.05. The van der Waals surface area contributed by atoms with E-state index in [2.05, 4.69) is 60.6 Å². The molecule has 0 aliphatic heterocycles. The van der Waals surface area contributed by atoms with Crippen molar-refractivity contribution in [1.29, 1.82) is 0 Å². The van der Waals surface area contributed by atoms with Crippen LogP contribution in [0.25, 0.3) is 0 Å². The monoisotopic (exact) mass is 517 g/mol. The Labute approximate surface area is 231 Å². The first kappa shape index (κ1) is 33.4. The molecule has 0 spiro atoms. The molecule has 0 fully saturated rings. The lowest BCUT2D eigenvalue weighted by molar-refractivity contribution is 0.336. The summed E-state index contributed by atoms with van der Waals surface area (Å²) in [4.78, 5) is 1.29. The van der Waals surface area contributed by atoms with Gasteiger partial charge in [0.1, 0.15) is 0 Å². The van der Waals surface area contributed by atoms with Crippen LogP contribution in [0.3, 0.4) is 0 Å². The molecule has 1 rings (SSSR count). The van der Waals surface area contributed by atoms with Gasteiger partial charge in [-0.15, -0.1) is 11.8 Å². The first-order valence-corrected chi connectivity index (χ1v) is 16.5. The van der Waals surface area contributed by atoms with E-state index in [4.69, 9.17) is 0 Å². The highest BCUT2D eigenvalue weighted by atomic mass is 32.2. The van der Waals surface area contributed by atoms with Gasteiger partial charge in [-0.05, 0) is 36.8 Å². The first-order valence-electron chi connectivity index (χ1n) is 15.7. The van der Waals surface area contributed by atoms with Crippen LogP contribution in [-0.2, 0) is 5.11 Å². The molecule has 0 N–H and O–H groups in total. The Morgan fingerprint density at radius 1 is 0.611 bits per heavy atom. The molecule has 0 saturated heterocycles. The van der Waals surface area contributed by atoms with Crippen molar-refractivity contribution in [3.8, 4) is 5.75 Å². The second-order valence-electron chi connectivity index (χ2n) is 12.5. The smallest absolute Gasteiger partial charge is 0.185 e. The van der Waals surface area contributed by atoms with Crippen molar-refractivity contribution in [2.24, 2.45) is 0 Å². The van der Waals surface area contributed by atoms with Gasteiger partial charge in [0.2, 0.25) is 0 Å². The average molecular weight is 518 g/mol. The molecule has 2 heteroatoms. The van der Waals surface area contributed by atoms with Gasteiger partial charge in [-0.2, -0.15) is 0 Å². The highest BCUT2D eigenvalue weighted by molar-refractivity contribution is 8.00. The van der Waals surface area contributed by atoms with Crippen molar-refractivity contribution in [2.45, 2.75) is 186 Å². The fourth-order valence-electron chi connectivity index (χ4n) is 5.27. The molecule has 0 heterocycles. The summed E-state index contributed by atoms with van der Waals surface area (Å²) in [6.07, 6.45) is 23.8. The zero-order valence-electron chi connectivity index (χ0n) is 25.4. The van der Waals surface area contributed by atoms with Crippen LogP contribution in [0.1, 0.15) is 187 Å². The van der Waals surface area contributed by atoms with Crippen molar-refractivity contribution in [1.82, 2.24) is 0 Å². The van der Waals surface area contributed by atoms with Crippen LogP contribution in [-0.4, -0.2) is 4.75 Å². The van der Waals surface area contributed by atoms with E-state index in [9.17, 15) is 5.11 Å². The molecule has 0 aliphatic carbocycles. The van der Waals surface area contributed by atoms with E-state index in [1.807, 2.05) is 11.8 Å². The summed E-state index contributed by atoms with van der Waals surface area (Å²) in [5.41, 5.74) is 2.15. The molecular formula is C34H61OS. The quantitative estimate of drug-likeness (QED) is 0.117. The third kappa shape index (κ3) is 14.9. The predicted octanol–water partition coefficient (Wildman–Crippen LogP) is 13.0. The minimum absolute atomic E-state index is 0.154. The highest BCUT2D eigenvalue weighted by Gasteiger charge is 2.22. The Bertz CT molecular complexity index is 627. The van der Waals surface area contributed by atoms with Gasteiger partial charge >= 0.3 is 0 Å². The maximum atomic E-state index is 13.6. The Morgan fingerprint density at radius 3 is 1.28 bits per heavy atom. The maximum Gasteiger partial charge on any atom is 0.185 e. The highest BCUT2D eigenvalue weighted by Crippen LogP contribution is 2.43. The summed E-state index contributed by atoms with van der Waals surface area (Å²) in [7, 11) is 0. The van der Waals surface area contributed by atoms with Crippen LogP contribution in [0.4, 0.5) is 0 Å². The minimum atomic E-state index is 0.154. The van der Waals surface area contributed by atoms with Gasteiger partial charge in [0.15, 0.2) is 5.75 Å². The lowest BCUT2D eigenvalue weighted by atomic mass is 9.87. The lowest BCUT2D eigenvalue weighted by Crippen LogP contribution is -2.08. The van der Waals surface area contributed by atoms with Gasteiger partial charge in [-0.1, -0.05) is 151 Å². The molecule has 0 aliphatic rings. The zero-order chi connectivity index (χ0) is 26.8. The van der Waals surface area contributed by atoms with Crippen molar-refractivity contribution in [3.63, 3.8) is 0 Å². The Hall–Kier alpha value is -0.630. The topological polar surface area (TPSA) is 19.9 Å². The summed E-state index contributed by atoms with van der Waals surface area (Å²) in [6, 6.07) is 4.47. The second-order valence-corrected chi connectivity index (χ2v) is 14.4. The van der Waals surface area contributed by atoms with Gasteiger partial charge in [0, 0.05) is 20.8 Å². The van der Waals surface area contributed by atoms with E-state index in [-0.39, 0.29) is 4.75 Å². The number of thioether (sulfide) groups is 1. The standard InChI is InChI=1S/C34H61OS/c1-8-10-12-14-16-18-20-22-24-28(3)31-26-30(36-34(5,6)7)27-32(33(31)35)29(4)25-23-21-19-17-15-13-11-9-2/h26-29H,8-25H2,1-7H3. The minimum Gasteiger partial charge on any atom is -0.289 e. The predicted molar refractivity (Wildman–Crippen MR) is 163 cm³/mol. The molecule has 0 aromatic heterocycles. The molecular weight excluding hydrogens is 456 g/mol. The van der Waals surface area contributed by atoms with Crippen molar-refractivity contribution < 1.29 is 5.11 Å². The maximum absolute atomic E-state index is 13.6. The van der Waals surface area contributed by atoms with E-state index < -0.39 is 0 Å². The Balaban J connectivity index is 2.70. The Morgan fingerprint density at radius 2 is 0.944 bits per heavy atom. The molecule has 2 unspecified atom stereocenters. The molecule has 36 heavy (non-hydrogen) atoms. The third-order valence-corrected chi connectivity index (χ3v) is 8.67. The van der Waals surface area contributed by atoms with E-state index in [1.54, 1.807) is 0 Å². The number of hydrogen-bond acceptors (Lipinski definition) is 1. The molecule has 2 atom stereocenters. The SMILES string of the molecule is CCCCCCCCCCC(C)c1cc(SC(C)(C)C)cc(C(C)CCCCCCCCCC)c1[O]. The number of rotatable bonds is 21. The van der Waals surface area contributed by atoms with Gasteiger partial charge in [-0.3, -0.25) is 5.11 Å². The van der Waals surface area contributed by atoms with Crippen LogP contribution < -0.4 is 0 Å². The van der Waals surface area contributed by atoms with Crippen molar-refractivity contribution >= 4 is 11.8 Å². The van der Waals surface area contributed by atoms with Crippen LogP contribution in [0.2, 0.25) is 0 Å². The van der Waals surface area contributed by atoms with E-state index in [0.717, 1.165) is 24.0 Å². The molecule has 1 radical (unpaired) electrons. The normalized spacial score (nSPS) is 13.8. The summed E-state index contributed by atoms with van der Waals surface area (Å²) in [6.45, 7) is 16.0. The van der Waals surface area contributed by atoms with Gasteiger partial charge in [0.25, 0.3) is 0 Å². The number of unbranched alkanes of at least 4 members (excludes halogenated alkanes) is 14. The van der Waals surface area contributed by atoms with Crippen molar-refractivity contribution in [2.75, 3.05) is 0 Å². The summed E-state index contributed by atoms with van der Waals surface area (Å²) >= 11 is 1.92. The van der Waals surface area contributed by atoms with Gasteiger partial charge in [-0.25, -0.2) is 0 Å². The van der Waals surface area contributed by atoms with E-state index >= 15 is 0 Å². The second kappa shape index (κ2) is 19.4. The van der Waals surface area contributed by atoms with E-state index in [1.165, 1.54) is 108 Å². The fourth-order valence-corrected chi connectivity index (χ4v) is 6.35. The van der Waals surface area contributed by atoms with Crippen molar-refractivity contribution in [3.05, 3.63) is 23.3 Å². The lowest BCUT2D eigenvalue weighted by Gasteiger charge is -2.23. The van der Waals surface area contributed by atoms with Gasteiger partial charge in [0.05, 0.1) is 0 Å². The average Bonchev–Trinajstić information content (AvgIpc) is 2.82. The largest absolute Gasteiger partial charge is 0.289 e. The number of hydrogen-bond donors (Lipinski definition) is 0. The third-order valence-electron chi connectivity index (χ3n) is 7.59. The molecule has 1 aromatic carbocycles. The molecule has 209 valence electrons. The van der Waals surface area contributed by atoms with Crippen LogP contribution in [0.5, 0.6) is 5.75 Å². The van der Waals surface area contributed by atoms with Gasteiger partial charge < -0.3 is 0 Å². The molecule has 1 aromatic rings. The van der Waals surface area contributed by atoms with E-state index in [0.29, 0.717) is 17.6 Å². The molecule has 1 nitrogen and oxygen atoms in total. The Kier molecular flexibility index (Phi) is 18.0. The number of benzene rings is 1.